The normalized spacial score (nSPS) is 19.6. The van der Waals surface area contributed by atoms with E-state index in [1.807, 2.05) is 6.07 Å². The molecule has 1 fully saturated rings. The van der Waals surface area contributed by atoms with Gasteiger partial charge in [0.2, 0.25) is 0 Å². The number of nitrogen functional groups attached to an aromatic ring is 1. The van der Waals surface area contributed by atoms with Gasteiger partial charge in [-0.2, -0.15) is 11.8 Å². The zero-order valence-corrected chi connectivity index (χ0v) is 10.3. The molecule has 2 nitrogen and oxygen atoms in total. The average Bonchev–Trinajstić information content (AvgIpc) is 2.58. The monoisotopic (exact) mass is 234 g/mol. The number of nitrogens with two attached hydrogens (primary N) is 1. The van der Waals surface area contributed by atoms with Crippen LogP contribution in [0.4, 0.5) is 11.4 Å². The lowest BCUT2D eigenvalue weighted by Gasteiger charge is -2.28. The molecule has 0 radical (unpaired) electrons. The number of thioether (sulfide) groups is 1. The number of hydrogen-bond acceptors (Lipinski definition) is 3. The Kier molecular flexibility index (Phi) is 2.72. The van der Waals surface area contributed by atoms with Gasteiger partial charge in [0.05, 0.1) is 0 Å². The Balaban J connectivity index is 1.66. The fourth-order valence-corrected chi connectivity index (χ4v) is 3.41. The van der Waals surface area contributed by atoms with Crippen molar-refractivity contribution in [1.82, 2.24) is 0 Å². The van der Waals surface area contributed by atoms with E-state index in [9.17, 15) is 0 Å². The van der Waals surface area contributed by atoms with E-state index < -0.39 is 0 Å². The van der Waals surface area contributed by atoms with E-state index in [0.717, 1.165) is 11.6 Å². The van der Waals surface area contributed by atoms with E-state index in [1.165, 1.54) is 48.7 Å². The molecule has 16 heavy (non-hydrogen) atoms. The minimum Gasteiger partial charge on any atom is -0.399 e. The molecule has 3 heteroatoms. The first-order valence-electron chi connectivity index (χ1n) is 6.04. The topological polar surface area (TPSA) is 29.3 Å². The predicted octanol–water partition coefficient (Wildman–Crippen LogP) is 2.38. The van der Waals surface area contributed by atoms with Gasteiger partial charge in [-0.1, -0.05) is 0 Å². The van der Waals surface area contributed by atoms with Crippen molar-refractivity contribution in [2.24, 2.45) is 5.92 Å². The Morgan fingerprint density at radius 2 is 2.25 bits per heavy atom. The van der Waals surface area contributed by atoms with E-state index in [4.69, 9.17) is 5.73 Å². The molecule has 0 amide bonds. The van der Waals surface area contributed by atoms with Crippen LogP contribution in [0, 0.1) is 5.92 Å². The van der Waals surface area contributed by atoms with Gasteiger partial charge in [0, 0.05) is 24.5 Å². The molecule has 2 aliphatic heterocycles. The molecule has 86 valence electrons. The second-order valence-electron chi connectivity index (χ2n) is 4.82. The summed E-state index contributed by atoms with van der Waals surface area (Å²) in [4.78, 5) is 2.53. The van der Waals surface area contributed by atoms with Gasteiger partial charge in [0.1, 0.15) is 0 Å². The number of benzene rings is 1. The molecule has 0 bridgehead atoms. The maximum absolute atomic E-state index is 5.81. The van der Waals surface area contributed by atoms with E-state index in [0.29, 0.717) is 0 Å². The molecule has 0 atom stereocenters. The van der Waals surface area contributed by atoms with Crippen LogP contribution in [-0.2, 0) is 6.42 Å². The number of nitrogens with zero attached hydrogens (tertiary/aromatic N) is 1. The molecule has 3 rings (SSSR count). The lowest BCUT2D eigenvalue weighted by Crippen LogP contribution is -2.27. The SMILES string of the molecule is Nc1ccc2c(c1)CCN2CCC1CSC1. The Morgan fingerprint density at radius 1 is 1.38 bits per heavy atom. The van der Waals surface area contributed by atoms with Crippen LogP contribution in [0.25, 0.3) is 0 Å². The molecule has 0 spiro atoms. The van der Waals surface area contributed by atoms with Gasteiger partial charge in [-0.3, -0.25) is 0 Å². The molecule has 1 aromatic carbocycles. The van der Waals surface area contributed by atoms with Crippen LogP contribution >= 0.6 is 11.8 Å². The third-order valence-corrected chi connectivity index (χ3v) is 5.02. The van der Waals surface area contributed by atoms with Gasteiger partial charge in [-0.15, -0.1) is 0 Å². The van der Waals surface area contributed by atoms with E-state index in [-0.39, 0.29) is 0 Å². The minimum absolute atomic E-state index is 0.899. The van der Waals surface area contributed by atoms with Crippen molar-refractivity contribution in [3.8, 4) is 0 Å². The van der Waals surface area contributed by atoms with Gasteiger partial charge in [-0.25, -0.2) is 0 Å². The average molecular weight is 234 g/mol. The molecule has 0 unspecified atom stereocenters. The van der Waals surface area contributed by atoms with Gasteiger partial charge >= 0.3 is 0 Å². The van der Waals surface area contributed by atoms with Gasteiger partial charge in [0.15, 0.2) is 0 Å². The summed E-state index contributed by atoms with van der Waals surface area (Å²) in [7, 11) is 0. The summed E-state index contributed by atoms with van der Waals surface area (Å²) in [5.41, 5.74) is 9.56. The fourth-order valence-electron chi connectivity index (χ4n) is 2.51. The predicted molar refractivity (Wildman–Crippen MR) is 72.2 cm³/mol. The second kappa shape index (κ2) is 4.21. The van der Waals surface area contributed by atoms with Crippen molar-refractivity contribution < 1.29 is 0 Å². The summed E-state index contributed by atoms with van der Waals surface area (Å²) in [6, 6.07) is 6.35. The van der Waals surface area contributed by atoms with Gasteiger partial charge in [0.25, 0.3) is 0 Å². The van der Waals surface area contributed by atoms with Crippen LogP contribution in [0.5, 0.6) is 0 Å². The molecular formula is C13H18N2S. The molecule has 0 aromatic heterocycles. The maximum Gasteiger partial charge on any atom is 0.0401 e. The first kappa shape index (κ1) is 10.3. The summed E-state index contributed by atoms with van der Waals surface area (Å²) >= 11 is 2.08. The van der Waals surface area contributed by atoms with Crippen molar-refractivity contribution in [3.05, 3.63) is 23.8 Å². The van der Waals surface area contributed by atoms with Crippen molar-refractivity contribution in [3.63, 3.8) is 0 Å². The highest BCUT2D eigenvalue weighted by Gasteiger charge is 2.22. The van der Waals surface area contributed by atoms with Crippen LogP contribution in [-0.4, -0.2) is 24.6 Å². The van der Waals surface area contributed by atoms with E-state index >= 15 is 0 Å². The lowest BCUT2D eigenvalue weighted by molar-refractivity contribution is 0.571. The summed E-state index contributed by atoms with van der Waals surface area (Å²) in [5, 5.41) is 0. The Bertz CT molecular complexity index is 388. The second-order valence-corrected chi connectivity index (χ2v) is 5.89. The highest BCUT2D eigenvalue weighted by atomic mass is 32.2. The molecule has 2 N–H and O–H groups in total. The molecule has 1 aromatic rings. The van der Waals surface area contributed by atoms with Crippen LogP contribution in [0.15, 0.2) is 18.2 Å². The first-order chi connectivity index (χ1) is 7.83. The molecule has 0 saturated carbocycles. The first-order valence-corrected chi connectivity index (χ1v) is 7.19. The largest absolute Gasteiger partial charge is 0.399 e. The van der Waals surface area contributed by atoms with Crippen LogP contribution < -0.4 is 10.6 Å². The van der Waals surface area contributed by atoms with Crippen molar-refractivity contribution in [2.45, 2.75) is 12.8 Å². The number of fused-ring (bicyclic) bond motifs is 1. The van der Waals surface area contributed by atoms with Crippen LogP contribution in [0.1, 0.15) is 12.0 Å². The quantitative estimate of drug-likeness (QED) is 0.814. The lowest BCUT2D eigenvalue weighted by atomic mass is 10.1. The molecule has 2 aliphatic rings. The fraction of sp³-hybridized carbons (Fsp3) is 0.538. The number of rotatable bonds is 3. The Labute approximate surface area is 101 Å². The Morgan fingerprint density at radius 3 is 3.00 bits per heavy atom. The van der Waals surface area contributed by atoms with E-state index in [2.05, 4.69) is 28.8 Å². The van der Waals surface area contributed by atoms with Gasteiger partial charge < -0.3 is 10.6 Å². The zero-order valence-electron chi connectivity index (χ0n) is 9.48. The molecule has 1 saturated heterocycles. The van der Waals surface area contributed by atoms with Crippen LogP contribution in [0.3, 0.4) is 0 Å². The summed E-state index contributed by atoms with van der Waals surface area (Å²) in [6.07, 6.45) is 2.52. The van der Waals surface area contributed by atoms with Crippen molar-refractivity contribution in [2.75, 3.05) is 35.2 Å². The van der Waals surface area contributed by atoms with Crippen molar-refractivity contribution in [1.29, 1.82) is 0 Å². The third kappa shape index (κ3) is 1.88. The smallest absolute Gasteiger partial charge is 0.0401 e. The summed E-state index contributed by atoms with van der Waals surface area (Å²) in [6.45, 7) is 2.40. The van der Waals surface area contributed by atoms with Gasteiger partial charge in [-0.05, 0) is 54.0 Å². The highest BCUT2D eigenvalue weighted by Crippen LogP contribution is 2.32. The maximum atomic E-state index is 5.81. The number of anilines is 2. The molecule has 0 aliphatic carbocycles. The summed E-state index contributed by atoms with van der Waals surface area (Å²) in [5.74, 6) is 3.73. The minimum atomic E-state index is 0.899. The standard InChI is InChI=1S/C13H18N2S/c14-12-1-2-13-11(7-12)4-6-15(13)5-3-10-8-16-9-10/h1-2,7,10H,3-6,8-9,14H2. The summed E-state index contributed by atoms with van der Waals surface area (Å²) < 4.78 is 0. The third-order valence-electron chi connectivity index (χ3n) is 3.61. The zero-order chi connectivity index (χ0) is 11.0. The molecular weight excluding hydrogens is 216 g/mol. The van der Waals surface area contributed by atoms with E-state index in [1.54, 1.807) is 0 Å². The molecule has 2 heterocycles. The highest BCUT2D eigenvalue weighted by molar-refractivity contribution is 8.00. The number of hydrogen-bond donors (Lipinski definition) is 1. The Hall–Kier alpha value is -0.830. The van der Waals surface area contributed by atoms with Crippen LogP contribution in [0.2, 0.25) is 0 Å². The van der Waals surface area contributed by atoms with Crippen molar-refractivity contribution >= 4 is 23.1 Å².